The highest BCUT2D eigenvalue weighted by molar-refractivity contribution is 5.35. The van der Waals surface area contributed by atoms with Crippen LogP contribution in [-0.2, 0) is 6.54 Å². The predicted molar refractivity (Wildman–Crippen MR) is 72.5 cm³/mol. The highest BCUT2D eigenvalue weighted by Gasteiger charge is 2.27. The van der Waals surface area contributed by atoms with E-state index in [0.717, 1.165) is 12.2 Å². The molecular formula is C13H21F3N4. The molecule has 1 N–H and O–H groups in total. The van der Waals surface area contributed by atoms with Gasteiger partial charge in [-0.2, -0.15) is 18.3 Å². The number of halogens is 3. The van der Waals surface area contributed by atoms with Gasteiger partial charge in [-0.3, -0.25) is 0 Å². The standard InChI is InChI=1S/C13H21F3N4/c1-10(2)8-17-9-11-4-5-12(19-18-11)20(3)7-6-13(14,15)16/h4-5,10,17H,6-9H2,1-3H3. The maximum absolute atomic E-state index is 12.1. The monoisotopic (exact) mass is 290 g/mol. The van der Waals surface area contributed by atoms with Crippen LogP contribution in [0.3, 0.4) is 0 Å². The van der Waals surface area contributed by atoms with Gasteiger partial charge in [-0.15, -0.1) is 5.10 Å². The van der Waals surface area contributed by atoms with E-state index < -0.39 is 12.6 Å². The molecule has 0 radical (unpaired) electrons. The largest absolute Gasteiger partial charge is 0.390 e. The molecule has 0 unspecified atom stereocenters. The minimum absolute atomic E-state index is 0.122. The zero-order valence-corrected chi connectivity index (χ0v) is 12.0. The molecule has 0 amide bonds. The smallest absolute Gasteiger partial charge is 0.358 e. The van der Waals surface area contributed by atoms with Gasteiger partial charge in [-0.25, -0.2) is 0 Å². The lowest BCUT2D eigenvalue weighted by Crippen LogP contribution is -2.25. The fourth-order valence-corrected chi connectivity index (χ4v) is 1.55. The SMILES string of the molecule is CC(C)CNCc1ccc(N(C)CCC(F)(F)F)nn1. The van der Waals surface area contributed by atoms with Crippen LogP contribution in [0.25, 0.3) is 0 Å². The van der Waals surface area contributed by atoms with E-state index in [-0.39, 0.29) is 6.54 Å². The van der Waals surface area contributed by atoms with Crippen LogP contribution in [0.2, 0.25) is 0 Å². The van der Waals surface area contributed by atoms with E-state index in [1.54, 1.807) is 19.2 Å². The maximum atomic E-state index is 12.1. The summed E-state index contributed by atoms with van der Waals surface area (Å²) >= 11 is 0. The Kier molecular flexibility index (Phi) is 6.19. The Hall–Kier alpha value is -1.37. The van der Waals surface area contributed by atoms with E-state index in [1.165, 1.54) is 4.90 Å². The summed E-state index contributed by atoms with van der Waals surface area (Å²) in [7, 11) is 1.58. The van der Waals surface area contributed by atoms with Gasteiger partial charge in [0.15, 0.2) is 5.82 Å². The number of rotatable bonds is 7. The summed E-state index contributed by atoms with van der Waals surface area (Å²) in [5, 5.41) is 11.2. The molecule has 0 spiro atoms. The number of aromatic nitrogens is 2. The summed E-state index contributed by atoms with van der Waals surface area (Å²) in [5.41, 5.74) is 0.777. The zero-order valence-electron chi connectivity index (χ0n) is 12.0. The Balaban J connectivity index is 2.45. The van der Waals surface area contributed by atoms with Gasteiger partial charge in [-0.1, -0.05) is 13.8 Å². The Bertz CT molecular complexity index is 390. The van der Waals surface area contributed by atoms with Crippen molar-refractivity contribution in [1.29, 1.82) is 0 Å². The van der Waals surface area contributed by atoms with Gasteiger partial charge in [-0.05, 0) is 24.6 Å². The quantitative estimate of drug-likeness (QED) is 0.838. The second kappa shape index (κ2) is 7.42. The number of nitrogens with one attached hydrogen (secondary N) is 1. The molecule has 0 aromatic carbocycles. The second-order valence-electron chi connectivity index (χ2n) is 5.19. The highest BCUT2D eigenvalue weighted by Crippen LogP contribution is 2.20. The first-order valence-electron chi connectivity index (χ1n) is 6.59. The average Bonchev–Trinajstić information content (AvgIpc) is 2.35. The molecule has 114 valence electrons. The van der Waals surface area contributed by atoms with Crippen molar-refractivity contribution in [2.75, 3.05) is 25.0 Å². The van der Waals surface area contributed by atoms with Gasteiger partial charge < -0.3 is 10.2 Å². The van der Waals surface area contributed by atoms with E-state index in [4.69, 9.17) is 0 Å². The molecule has 1 aromatic heterocycles. The first-order chi connectivity index (χ1) is 9.28. The van der Waals surface area contributed by atoms with Crippen LogP contribution in [0.4, 0.5) is 19.0 Å². The zero-order chi connectivity index (χ0) is 15.2. The maximum Gasteiger partial charge on any atom is 0.390 e. The minimum atomic E-state index is -4.15. The van der Waals surface area contributed by atoms with Crippen molar-refractivity contribution in [2.24, 2.45) is 5.92 Å². The van der Waals surface area contributed by atoms with E-state index in [0.29, 0.717) is 18.3 Å². The number of alkyl halides is 3. The number of hydrogen-bond donors (Lipinski definition) is 1. The van der Waals surface area contributed by atoms with Crippen LogP contribution >= 0.6 is 0 Å². The van der Waals surface area contributed by atoms with Crippen molar-refractivity contribution in [1.82, 2.24) is 15.5 Å². The molecule has 20 heavy (non-hydrogen) atoms. The fourth-order valence-electron chi connectivity index (χ4n) is 1.55. The lowest BCUT2D eigenvalue weighted by molar-refractivity contribution is -0.132. The molecule has 1 rings (SSSR count). The molecule has 0 saturated heterocycles. The van der Waals surface area contributed by atoms with Gasteiger partial charge in [0.1, 0.15) is 0 Å². The molecule has 1 aromatic rings. The average molecular weight is 290 g/mol. The molecule has 1 heterocycles. The summed E-state index contributed by atoms with van der Waals surface area (Å²) in [5.74, 6) is 0.998. The number of hydrogen-bond acceptors (Lipinski definition) is 4. The van der Waals surface area contributed by atoms with E-state index in [9.17, 15) is 13.2 Å². The summed E-state index contributed by atoms with van der Waals surface area (Å²) in [6.07, 6.45) is -5.01. The van der Waals surface area contributed by atoms with Crippen molar-refractivity contribution in [3.05, 3.63) is 17.8 Å². The predicted octanol–water partition coefficient (Wildman–Crippen LogP) is 2.61. The van der Waals surface area contributed by atoms with Crippen molar-refractivity contribution >= 4 is 5.82 Å². The fraction of sp³-hybridized carbons (Fsp3) is 0.692. The van der Waals surface area contributed by atoms with Crippen LogP contribution in [0.5, 0.6) is 0 Å². The van der Waals surface area contributed by atoms with Crippen molar-refractivity contribution < 1.29 is 13.2 Å². The van der Waals surface area contributed by atoms with Gasteiger partial charge in [0, 0.05) is 20.1 Å². The van der Waals surface area contributed by atoms with Gasteiger partial charge in [0.2, 0.25) is 0 Å². The van der Waals surface area contributed by atoms with E-state index in [2.05, 4.69) is 29.4 Å². The van der Waals surface area contributed by atoms with Crippen molar-refractivity contribution in [3.8, 4) is 0 Å². The third kappa shape index (κ3) is 6.70. The minimum Gasteiger partial charge on any atom is -0.358 e. The Morgan fingerprint density at radius 3 is 2.45 bits per heavy atom. The molecule has 0 fully saturated rings. The summed E-state index contributed by atoms with van der Waals surface area (Å²) < 4.78 is 36.4. The first kappa shape index (κ1) is 16.7. The molecule has 0 aliphatic rings. The van der Waals surface area contributed by atoms with E-state index in [1.807, 2.05) is 0 Å². The molecule has 7 heteroatoms. The van der Waals surface area contributed by atoms with Crippen LogP contribution in [0.15, 0.2) is 12.1 Å². The Labute approximate surface area is 117 Å². The molecule has 0 bridgehead atoms. The Morgan fingerprint density at radius 2 is 1.95 bits per heavy atom. The van der Waals surface area contributed by atoms with Crippen molar-refractivity contribution in [3.63, 3.8) is 0 Å². The second-order valence-corrected chi connectivity index (χ2v) is 5.19. The third-order valence-electron chi connectivity index (χ3n) is 2.69. The van der Waals surface area contributed by atoms with Crippen LogP contribution in [0.1, 0.15) is 26.0 Å². The van der Waals surface area contributed by atoms with Crippen molar-refractivity contribution in [2.45, 2.75) is 33.0 Å². The van der Waals surface area contributed by atoms with Gasteiger partial charge in [0.25, 0.3) is 0 Å². The number of nitrogens with zero attached hydrogens (tertiary/aromatic N) is 3. The van der Waals surface area contributed by atoms with Gasteiger partial charge in [0.05, 0.1) is 12.1 Å². The summed E-state index contributed by atoms with van der Waals surface area (Å²) in [4.78, 5) is 1.45. The molecule has 0 saturated carbocycles. The molecule has 0 aliphatic heterocycles. The van der Waals surface area contributed by atoms with Crippen LogP contribution < -0.4 is 10.2 Å². The summed E-state index contributed by atoms with van der Waals surface area (Å²) in [6.45, 7) is 5.59. The molecule has 0 aliphatic carbocycles. The lowest BCUT2D eigenvalue weighted by atomic mass is 10.2. The van der Waals surface area contributed by atoms with Crippen LogP contribution in [0, 0.1) is 5.92 Å². The lowest BCUT2D eigenvalue weighted by Gasteiger charge is -2.18. The van der Waals surface area contributed by atoms with Gasteiger partial charge >= 0.3 is 6.18 Å². The summed E-state index contributed by atoms with van der Waals surface area (Å²) in [6, 6.07) is 3.47. The molecular weight excluding hydrogens is 269 g/mol. The molecule has 4 nitrogen and oxygen atoms in total. The Morgan fingerprint density at radius 1 is 1.25 bits per heavy atom. The normalized spacial score (nSPS) is 11.9. The topological polar surface area (TPSA) is 41.0 Å². The van der Waals surface area contributed by atoms with E-state index >= 15 is 0 Å². The third-order valence-corrected chi connectivity index (χ3v) is 2.69. The van der Waals surface area contributed by atoms with Crippen LogP contribution in [-0.4, -0.2) is 36.5 Å². The highest BCUT2D eigenvalue weighted by atomic mass is 19.4. The number of anilines is 1. The molecule has 0 atom stereocenters. The first-order valence-corrected chi connectivity index (χ1v) is 6.59.